The van der Waals surface area contributed by atoms with Crippen molar-refractivity contribution in [2.75, 3.05) is 13.1 Å². The maximum Gasteiger partial charge on any atom is 0.187 e. The van der Waals surface area contributed by atoms with Gasteiger partial charge in [-0.2, -0.15) is 0 Å². The van der Waals surface area contributed by atoms with Gasteiger partial charge in [-0.1, -0.05) is 6.07 Å². The molecule has 0 amide bonds. The van der Waals surface area contributed by atoms with Crippen LogP contribution >= 0.6 is 0 Å². The van der Waals surface area contributed by atoms with Gasteiger partial charge in [-0.05, 0) is 63.6 Å². The molecule has 0 bridgehead atoms. The van der Waals surface area contributed by atoms with Crippen LogP contribution in [0.1, 0.15) is 41.6 Å². The Morgan fingerprint density at radius 3 is 2.85 bits per heavy atom. The van der Waals surface area contributed by atoms with E-state index in [0.717, 1.165) is 61.8 Å². The molecule has 0 radical (unpaired) electrons. The van der Waals surface area contributed by atoms with Gasteiger partial charge in [0.05, 0.1) is 0 Å². The van der Waals surface area contributed by atoms with Gasteiger partial charge in [0.15, 0.2) is 5.43 Å². The zero-order valence-electron chi connectivity index (χ0n) is 15.4. The number of piperidine rings is 1. The van der Waals surface area contributed by atoms with Gasteiger partial charge in [0.1, 0.15) is 11.6 Å². The standard InChI is InChI=1S/C21H26F2N2O/c1-14-11-24-20(15(2)21(14)26)13-25-9-3-4-16(12-25)5-6-17-7-8-18(22)10-19(17)23/h7-8,10-11,16H,3-6,9,12-13H2,1-2H3,(H,24,26)/t16-/m0/s1. The molecule has 1 saturated heterocycles. The Labute approximate surface area is 153 Å². The van der Waals surface area contributed by atoms with E-state index in [1.165, 1.54) is 6.07 Å². The molecule has 1 aliphatic heterocycles. The summed E-state index contributed by atoms with van der Waals surface area (Å²) in [5.41, 5.74) is 3.21. The summed E-state index contributed by atoms with van der Waals surface area (Å²) < 4.78 is 26.8. The number of halogens is 2. The Balaban J connectivity index is 1.59. The predicted octanol–water partition coefficient (Wildman–Crippen LogP) is 4.11. The van der Waals surface area contributed by atoms with Gasteiger partial charge in [-0.25, -0.2) is 8.78 Å². The summed E-state index contributed by atoms with van der Waals surface area (Å²) in [5.74, 6) is -0.492. The van der Waals surface area contributed by atoms with Crippen LogP contribution in [-0.4, -0.2) is 23.0 Å². The zero-order valence-corrected chi connectivity index (χ0v) is 15.4. The summed E-state index contributed by atoms with van der Waals surface area (Å²) >= 11 is 0. The van der Waals surface area contributed by atoms with Crippen LogP contribution in [0.15, 0.2) is 29.2 Å². The molecule has 1 N–H and O–H groups in total. The van der Waals surface area contributed by atoms with Crippen LogP contribution < -0.4 is 5.43 Å². The van der Waals surface area contributed by atoms with Gasteiger partial charge in [-0.15, -0.1) is 0 Å². The molecule has 0 spiro atoms. The molecule has 0 aliphatic carbocycles. The number of nitrogens with zero attached hydrogens (tertiary/aromatic N) is 1. The number of benzene rings is 1. The highest BCUT2D eigenvalue weighted by Gasteiger charge is 2.21. The average molecular weight is 360 g/mol. The summed E-state index contributed by atoms with van der Waals surface area (Å²) in [6.07, 6.45) is 5.53. The number of hydrogen-bond acceptors (Lipinski definition) is 2. The van der Waals surface area contributed by atoms with Crippen LogP contribution in [0.2, 0.25) is 0 Å². The molecule has 1 atom stereocenters. The van der Waals surface area contributed by atoms with Crippen molar-refractivity contribution in [2.45, 2.75) is 46.1 Å². The van der Waals surface area contributed by atoms with Gasteiger partial charge in [0.2, 0.25) is 0 Å². The number of aromatic nitrogens is 1. The Bertz CT molecular complexity index is 831. The second kappa shape index (κ2) is 8.12. The first-order valence-corrected chi connectivity index (χ1v) is 9.28. The fraction of sp³-hybridized carbons (Fsp3) is 0.476. The largest absolute Gasteiger partial charge is 0.363 e. The monoisotopic (exact) mass is 360 g/mol. The lowest BCUT2D eigenvalue weighted by Crippen LogP contribution is -2.36. The first kappa shape index (κ1) is 18.8. The molecule has 5 heteroatoms. The lowest BCUT2D eigenvalue weighted by Gasteiger charge is -2.33. The van der Waals surface area contributed by atoms with Crippen LogP contribution in [0.5, 0.6) is 0 Å². The van der Waals surface area contributed by atoms with Crippen LogP contribution in [0.25, 0.3) is 0 Å². The summed E-state index contributed by atoms with van der Waals surface area (Å²) in [6.45, 7) is 6.39. The number of likely N-dealkylation sites (tertiary alicyclic amines) is 1. The van der Waals surface area contributed by atoms with E-state index in [-0.39, 0.29) is 5.43 Å². The van der Waals surface area contributed by atoms with E-state index in [9.17, 15) is 13.6 Å². The van der Waals surface area contributed by atoms with Crippen molar-refractivity contribution in [2.24, 2.45) is 5.92 Å². The number of nitrogens with one attached hydrogen (secondary N) is 1. The van der Waals surface area contributed by atoms with Gasteiger partial charge in [0, 0.05) is 42.2 Å². The molecule has 1 aromatic carbocycles. The number of H-pyrrole nitrogens is 1. The number of rotatable bonds is 5. The van der Waals surface area contributed by atoms with Gasteiger partial charge >= 0.3 is 0 Å². The minimum Gasteiger partial charge on any atom is -0.363 e. The quantitative estimate of drug-likeness (QED) is 0.871. The number of pyridine rings is 1. The fourth-order valence-electron chi connectivity index (χ4n) is 3.80. The van der Waals surface area contributed by atoms with Crippen LogP contribution in [0.4, 0.5) is 8.78 Å². The first-order valence-electron chi connectivity index (χ1n) is 9.28. The molecule has 26 heavy (non-hydrogen) atoms. The van der Waals surface area contributed by atoms with Crippen LogP contribution in [-0.2, 0) is 13.0 Å². The molecule has 1 aliphatic rings. The summed E-state index contributed by atoms with van der Waals surface area (Å²) in [4.78, 5) is 17.7. The Kier molecular flexibility index (Phi) is 5.87. The second-order valence-electron chi connectivity index (χ2n) is 7.42. The molecule has 0 unspecified atom stereocenters. The molecule has 3 rings (SSSR count). The van der Waals surface area contributed by atoms with E-state index in [2.05, 4.69) is 9.88 Å². The summed E-state index contributed by atoms with van der Waals surface area (Å²) in [5, 5.41) is 0. The van der Waals surface area contributed by atoms with Crippen LogP contribution in [0.3, 0.4) is 0 Å². The Hall–Kier alpha value is -2.01. The average Bonchev–Trinajstić information content (AvgIpc) is 2.62. The maximum absolute atomic E-state index is 13.8. The maximum atomic E-state index is 13.8. The highest BCUT2D eigenvalue weighted by molar-refractivity contribution is 5.23. The number of hydrogen-bond donors (Lipinski definition) is 1. The van der Waals surface area contributed by atoms with Crippen molar-refractivity contribution in [3.63, 3.8) is 0 Å². The van der Waals surface area contributed by atoms with Crippen molar-refractivity contribution < 1.29 is 8.78 Å². The molecular weight excluding hydrogens is 334 g/mol. The predicted molar refractivity (Wildman–Crippen MR) is 99.2 cm³/mol. The lowest BCUT2D eigenvalue weighted by atomic mass is 9.91. The van der Waals surface area contributed by atoms with E-state index < -0.39 is 11.6 Å². The zero-order chi connectivity index (χ0) is 18.7. The molecule has 1 aromatic heterocycles. The van der Waals surface area contributed by atoms with Crippen molar-refractivity contribution >= 4 is 0 Å². The molecule has 1 fully saturated rings. The molecule has 2 aromatic rings. The Morgan fingerprint density at radius 1 is 1.27 bits per heavy atom. The summed E-state index contributed by atoms with van der Waals surface area (Å²) in [6, 6.07) is 3.83. The Morgan fingerprint density at radius 2 is 2.08 bits per heavy atom. The topological polar surface area (TPSA) is 36.1 Å². The van der Waals surface area contributed by atoms with Gasteiger partial charge in [0.25, 0.3) is 0 Å². The smallest absolute Gasteiger partial charge is 0.187 e. The third-order valence-electron chi connectivity index (χ3n) is 5.44. The van der Waals surface area contributed by atoms with Crippen molar-refractivity contribution in [1.29, 1.82) is 0 Å². The molecule has 3 nitrogen and oxygen atoms in total. The van der Waals surface area contributed by atoms with E-state index in [1.54, 1.807) is 12.3 Å². The molecular formula is C21H26F2N2O. The second-order valence-corrected chi connectivity index (χ2v) is 7.42. The third kappa shape index (κ3) is 4.39. The van der Waals surface area contributed by atoms with E-state index in [1.807, 2.05) is 13.8 Å². The van der Waals surface area contributed by atoms with Crippen molar-refractivity contribution in [3.05, 3.63) is 68.6 Å². The lowest BCUT2D eigenvalue weighted by molar-refractivity contribution is 0.160. The highest BCUT2D eigenvalue weighted by atomic mass is 19.1. The molecule has 140 valence electrons. The minimum absolute atomic E-state index is 0.110. The van der Waals surface area contributed by atoms with Gasteiger partial charge in [-0.3, -0.25) is 9.69 Å². The van der Waals surface area contributed by atoms with E-state index >= 15 is 0 Å². The van der Waals surface area contributed by atoms with E-state index in [4.69, 9.17) is 0 Å². The van der Waals surface area contributed by atoms with Crippen molar-refractivity contribution in [1.82, 2.24) is 9.88 Å². The summed E-state index contributed by atoms with van der Waals surface area (Å²) in [7, 11) is 0. The third-order valence-corrected chi connectivity index (χ3v) is 5.44. The molecule has 2 heterocycles. The highest BCUT2D eigenvalue weighted by Crippen LogP contribution is 2.24. The minimum atomic E-state index is -0.530. The number of aromatic amines is 1. The SMILES string of the molecule is Cc1c[nH]c(CN2CCC[C@@H](CCc3ccc(F)cc3F)C2)c(C)c1=O. The fourth-order valence-corrected chi connectivity index (χ4v) is 3.80. The van der Waals surface area contributed by atoms with Crippen molar-refractivity contribution in [3.8, 4) is 0 Å². The normalized spacial score (nSPS) is 18.2. The first-order chi connectivity index (χ1) is 12.4. The number of aryl methyl sites for hydroxylation is 2. The van der Waals surface area contributed by atoms with E-state index in [0.29, 0.717) is 17.9 Å². The molecule has 0 saturated carbocycles. The van der Waals surface area contributed by atoms with Gasteiger partial charge < -0.3 is 4.98 Å². The van der Waals surface area contributed by atoms with Crippen LogP contribution in [0, 0.1) is 31.4 Å².